The molecule has 26 heavy (non-hydrogen) atoms. The third kappa shape index (κ3) is 4.32. The van der Waals surface area contributed by atoms with Crippen LogP contribution in [0.5, 0.6) is 0 Å². The Kier molecular flexibility index (Phi) is 5.73. The molecule has 2 amide bonds. The third-order valence-corrected chi connectivity index (χ3v) is 4.70. The zero-order valence-corrected chi connectivity index (χ0v) is 15.1. The minimum Gasteiger partial charge on any atom is -0.397 e. The molecular formula is C19H21ClN4O2. The summed E-state index contributed by atoms with van der Waals surface area (Å²) < 4.78 is 0. The molecule has 6 nitrogen and oxygen atoms in total. The first kappa shape index (κ1) is 18.2. The van der Waals surface area contributed by atoms with E-state index in [2.05, 4.69) is 10.3 Å². The molecule has 0 unspecified atom stereocenters. The maximum absolute atomic E-state index is 12.8. The Morgan fingerprint density at radius 2 is 2.00 bits per heavy atom. The molecule has 1 saturated heterocycles. The van der Waals surface area contributed by atoms with Crippen molar-refractivity contribution in [2.75, 3.05) is 12.3 Å². The Bertz CT molecular complexity index is 794. The lowest BCUT2D eigenvalue weighted by molar-refractivity contribution is -0.126. The Morgan fingerprint density at radius 3 is 2.73 bits per heavy atom. The number of benzene rings is 1. The summed E-state index contributed by atoms with van der Waals surface area (Å²) in [7, 11) is 0. The molecule has 1 aliphatic heterocycles. The van der Waals surface area contributed by atoms with Gasteiger partial charge in [-0.1, -0.05) is 23.7 Å². The number of carbonyl (C=O) groups excluding carboxylic acids is 2. The standard InChI is InChI=1S/C19H21ClN4O2/c20-15-6-4-13(5-7-15)10-23-18(25)17-3-1-2-8-24(17)19(26)14-9-16(21)12-22-11-14/h4-7,9,11-12,17H,1-3,8,10,21H2,(H,23,25)/t17-/m0/s1. The molecule has 0 spiro atoms. The van der Waals surface area contributed by atoms with Crippen LogP contribution in [-0.4, -0.2) is 34.3 Å². The molecule has 1 atom stereocenters. The molecule has 0 bridgehead atoms. The van der Waals surface area contributed by atoms with E-state index in [1.807, 2.05) is 12.1 Å². The number of piperidine rings is 1. The fraction of sp³-hybridized carbons (Fsp3) is 0.316. The van der Waals surface area contributed by atoms with Gasteiger partial charge >= 0.3 is 0 Å². The number of hydrogen-bond acceptors (Lipinski definition) is 4. The second-order valence-corrected chi connectivity index (χ2v) is 6.80. The molecule has 1 aromatic carbocycles. The summed E-state index contributed by atoms with van der Waals surface area (Å²) in [5, 5.41) is 3.57. The topological polar surface area (TPSA) is 88.3 Å². The minimum absolute atomic E-state index is 0.148. The van der Waals surface area contributed by atoms with E-state index in [0.717, 1.165) is 18.4 Å². The lowest BCUT2D eigenvalue weighted by Gasteiger charge is -2.34. The number of nitrogens with one attached hydrogen (secondary N) is 1. The van der Waals surface area contributed by atoms with Crippen molar-refractivity contribution < 1.29 is 9.59 Å². The van der Waals surface area contributed by atoms with Crippen LogP contribution < -0.4 is 11.1 Å². The van der Waals surface area contributed by atoms with E-state index >= 15 is 0 Å². The van der Waals surface area contributed by atoms with Crippen LogP contribution in [0.15, 0.2) is 42.7 Å². The Morgan fingerprint density at radius 1 is 1.23 bits per heavy atom. The number of hydrogen-bond donors (Lipinski definition) is 2. The van der Waals surface area contributed by atoms with Crippen molar-refractivity contribution in [1.82, 2.24) is 15.2 Å². The molecule has 0 radical (unpaired) electrons. The Labute approximate surface area is 157 Å². The molecule has 0 aliphatic carbocycles. The predicted octanol–water partition coefficient (Wildman–Crippen LogP) is 2.63. The number of amides is 2. The van der Waals surface area contributed by atoms with Crippen molar-refractivity contribution >= 4 is 29.1 Å². The summed E-state index contributed by atoms with van der Waals surface area (Å²) in [6.07, 6.45) is 5.41. The number of rotatable bonds is 4. The highest BCUT2D eigenvalue weighted by molar-refractivity contribution is 6.30. The van der Waals surface area contributed by atoms with Gasteiger partial charge < -0.3 is 16.0 Å². The van der Waals surface area contributed by atoms with Crippen LogP contribution in [-0.2, 0) is 11.3 Å². The zero-order chi connectivity index (χ0) is 18.5. The lowest BCUT2D eigenvalue weighted by atomic mass is 10.00. The van der Waals surface area contributed by atoms with E-state index in [0.29, 0.717) is 35.8 Å². The van der Waals surface area contributed by atoms with Crippen LogP contribution in [0.25, 0.3) is 0 Å². The smallest absolute Gasteiger partial charge is 0.256 e. The van der Waals surface area contributed by atoms with E-state index in [1.54, 1.807) is 23.1 Å². The maximum atomic E-state index is 12.8. The van der Waals surface area contributed by atoms with E-state index in [-0.39, 0.29) is 11.8 Å². The number of nitrogen functional groups attached to an aromatic ring is 1. The molecule has 2 aromatic rings. The molecule has 1 aliphatic rings. The summed E-state index contributed by atoms with van der Waals surface area (Å²) in [6, 6.07) is 8.41. The fourth-order valence-electron chi connectivity index (χ4n) is 3.10. The van der Waals surface area contributed by atoms with Crippen molar-refractivity contribution in [2.24, 2.45) is 0 Å². The summed E-state index contributed by atoms with van der Waals surface area (Å²) >= 11 is 5.87. The third-order valence-electron chi connectivity index (χ3n) is 4.45. The second-order valence-electron chi connectivity index (χ2n) is 6.36. The minimum atomic E-state index is -0.481. The monoisotopic (exact) mass is 372 g/mol. The summed E-state index contributed by atoms with van der Waals surface area (Å²) in [4.78, 5) is 31.1. The Balaban J connectivity index is 1.68. The molecule has 1 fully saturated rings. The molecule has 7 heteroatoms. The van der Waals surface area contributed by atoms with Gasteiger partial charge in [0, 0.05) is 30.5 Å². The lowest BCUT2D eigenvalue weighted by Crippen LogP contribution is -2.51. The number of pyridine rings is 1. The molecule has 136 valence electrons. The van der Waals surface area contributed by atoms with E-state index in [4.69, 9.17) is 17.3 Å². The molecule has 2 heterocycles. The SMILES string of the molecule is Nc1cncc(C(=O)N2CCCC[C@H]2C(=O)NCc2ccc(Cl)cc2)c1. The van der Waals surface area contributed by atoms with Gasteiger partial charge in [-0.05, 0) is 43.0 Å². The van der Waals surface area contributed by atoms with Gasteiger partial charge in [-0.2, -0.15) is 0 Å². The number of likely N-dealkylation sites (tertiary alicyclic amines) is 1. The summed E-state index contributed by atoms with van der Waals surface area (Å²) in [5.74, 6) is -0.360. The number of carbonyl (C=O) groups is 2. The normalized spacial score (nSPS) is 17.0. The molecule has 3 rings (SSSR count). The van der Waals surface area contributed by atoms with Crippen LogP contribution in [0.4, 0.5) is 5.69 Å². The van der Waals surface area contributed by atoms with Gasteiger partial charge in [-0.3, -0.25) is 14.6 Å². The molecule has 1 aromatic heterocycles. The summed E-state index contributed by atoms with van der Waals surface area (Å²) in [6.45, 7) is 0.945. The van der Waals surface area contributed by atoms with Crippen molar-refractivity contribution in [2.45, 2.75) is 31.8 Å². The van der Waals surface area contributed by atoms with Crippen LogP contribution in [0.2, 0.25) is 5.02 Å². The van der Waals surface area contributed by atoms with Crippen molar-refractivity contribution in [3.05, 3.63) is 58.9 Å². The predicted molar refractivity (Wildman–Crippen MR) is 101 cm³/mol. The van der Waals surface area contributed by atoms with Gasteiger partial charge in [0.15, 0.2) is 0 Å². The van der Waals surface area contributed by atoms with Gasteiger partial charge in [-0.25, -0.2) is 0 Å². The number of nitrogens with zero attached hydrogens (tertiary/aromatic N) is 2. The van der Waals surface area contributed by atoms with E-state index in [1.165, 1.54) is 12.4 Å². The van der Waals surface area contributed by atoms with Gasteiger partial charge in [0.25, 0.3) is 5.91 Å². The van der Waals surface area contributed by atoms with E-state index < -0.39 is 6.04 Å². The van der Waals surface area contributed by atoms with Gasteiger partial charge in [0.05, 0.1) is 11.3 Å². The quantitative estimate of drug-likeness (QED) is 0.863. The highest BCUT2D eigenvalue weighted by Crippen LogP contribution is 2.20. The zero-order valence-electron chi connectivity index (χ0n) is 14.3. The number of anilines is 1. The largest absolute Gasteiger partial charge is 0.397 e. The highest BCUT2D eigenvalue weighted by Gasteiger charge is 2.32. The number of aromatic nitrogens is 1. The first-order chi connectivity index (χ1) is 12.5. The Hall–Kier alpha value is -2.60. The van der Waals surface area contributed by atoms with Gasteiger partial charge in [0.2, 0.25) is 5.91 Å². The molecule has 3 N–H and O–H groups in total. The fourth-order valence-corrected chi connectivity index (χ4v) is 3.22. The van der Waals surface area contributed by atoms with Crippen molar-refractivity contribution in [1.29, 1.82) is 0 Å². The number of halogens is 1. The number of nitrogens with two attached hydrogens (primary N) is 1. The van der Waals surface area contributed by atoms with Crippen LogP contribution >= 0.6 is 11.6 Å². The van der Waals surface area contributed by atoms with Crippen molar-refractivity contribution in [3.63, 3.8) is 0 Å². The molecular weight excluding hydrogens is 352 g/mol. The highest BCUT2D eigenvalue weighted by atomic mass is 35.5. The summed E-state index contributed by atoms with van der Waals surface area (Å²) in [5.41, 5.74) is 7.51. The first-order valence-corrected chi connectivity index (χ1v) is 8.96. The van der Waals surface area contributed by atoms with Crippen LogP contribution in [0, 0.1) is 0 Å². The van der Waals surface area contributed by atoms with Gasteiger partial charge in [0.1, 0.15) is 6.04 Å². The average Bonchev–Trinajstić information content (AvgIpc) is 2.67. The maximum Gasteiger partial charge on any atom is 0.256 e. The second kappa shape index (κ2) is 8.19. The van der Waals surface area contributed by atoms with E-state index in [9.17, 15) is 9.59 Å². The van der Waals surface area contributed by atoms with Crippen molar-refractivity contribution in [3.8, 4) is 0 Å². The molecule has 0 saturated carbocycles. The van der Waals surface area contributed by atoms with Crippen LogP contribution in [0.3, 0.4) is 0 Å². The average molecular weight is 373 g/mol. The first-order valence-electron chi connectivity index (χ1n) is 8.58. The van der Waals surface area contributed by atoms with Gasteiger partial charge in [-0.15, -0.1) is 0 Å². The van der Waals surface area contributed by atoms with Crippen LogP contribution in [0.1, 0.15) is 35.2 Å².